The van der Waals surface area contributed by atoms with Gasteiger partial charge in [0.1, 0.15) is 28.6 Å². The molecule has 0 radical (unpaired) electrons. The van der Waals surface area contributed by atoms with Crippen molar-refractivity contribution in [3.8, 4) is 0 Å². The Balaban J connectivity index is 1.95. The molecule has 0 fully saturated rings. The van der Waals surface area contributed by atoms with E-state index in [4.69, 9.17) is 8.83 Å². The molecular weight excluding hydrogens is 282 g/mol. The van der Waals surface area contributed by atoms with Crippen molar-refractivity contribution >= 4 is 12.0 Å². The number of rotatable bonds is 5. The van der Waals surface area contributed by atoms with Crippen LogP contribution in [-0.2, 0) is 10.4 Å². The van der Waals surface area contributed by atoms with E-state index in [2.05, 4.69) is 5.32 Å². The fraction of sp³-hybridized carbons (Fsp3) is 0.353. The summed E-state index contributed by atoms with van der Waals surface area (Å²) in [5, 5.41) is 13.2. The summed E-state index contributed by atoms with van der Waals surface area (Å²) in [7, 11) is 0. The Morgan fingerprint density at radius 3 is 2.55 bits per heavy atom. The van der Waals surface area contributed by atoms with Gasteiger partial charge >= 0.3 is 0 Å². The van der Waals surface area contributed by atoms with Gasteiger partial charge in [-0.25, -0.2) is 0 Å². The zero-order chi connectivity index (χ0) is 16.3. The Labute approximate surface area is 129 Å². The molecule has 2 aromatic heterocycles. The van der Waals surface area contributed by atoms with Gasteiger partial charge in [-0.2, -0.15) is 0 Å². The van der Waals surface area contributed by atoms with Crippen LogP contribution in [0.1, 0.15) is 35.5 Å². The molecule has 0 aliphatic carbocycles. The van der Waals surface area contributed by atoms with Gasteiger partial charge in [0.25, 0.3) is 0 Å². The highest BCUT2D eigenvalue weighted by Crippen LogP contribution is 2.26. The SMILES string of the molecule is Cc1ccc(/C=C/C(=O)NCC(C)(O)c2cc(C)oc2C)o1. The van der Waals surface area contributed by atoms with Gasteiger partial charge in [-0.3, -0.25) is 4.79 Å². The molecule has 0 aliphatic heterocycles. The van der Waals surface area contributed by atoms with E-state index in [1.165, 1.54) is 6.08 Å². The molecule has 2 N–H and O–H groups in total. The maximum absolute atomic E-state index is 11.8. The lowest BCUT2D eigenvalue weighted by Crippen LogP contribution is -2.38. The van der Waals surface area contributed by atoms with E-state index >= 15 is 0 Å². The number of amides is 1. The fourth-order valence-corrected chi connectivity index (χ4v) is 2.28. The van der Waals surface area contributed by atoms with Crippen molar-refractivity contribution in [3.05, 3.63) is 52.9 Å². The van der Waals surface area contributed by atoms with Gasteiger partial charge in [0.15, 0.2) is 0 Å². The number of carbonyl (C=O) groups is 1. The largest absolute Gasteiger partial charge is 0.466 e. The normalized spacial score (nSPS) is 14.2. The molecule has 0 bridgehead atoms. The van der Waals surface area contributed by atoms with E-state index in [0.29, 0.717) is 17.1 Å². The summed E-state index contributed by atoms with van der Waals surface area (Å²) < 4.78 is 10.8. The molecule has 1 amide bonds. The van der Waals surface area contributed by atoms with Crippen LogP contribution < -0.4 is 5.32 Å². The molecule has 0 aliphatic rings. The lowest BCUT2D eigenvalue weighted by Gasteiger charge is -2.22. The molecule has 2 heterocycles. The van der Waals surface area contributed by atoms with E-state index in [0.717, 1.165) is 11.5 Å². The van der Waals surface area contributed by atoms with Crippen molar-refractivity contribution in [2.24, 2.45) is 0 Å². The van der Waals surface area contributed by atoms with Crippen molar-refractivity contribution in [2.75, 3.05) is 6.54 Å². The monoisotopic (exact) mass is 303 g/mol. The smallest absolute Gasteiger partial charge is 0.244 e. The molecule has 1 atom stereocenters. The topological polar surface area (TPSA) is 75.6 Å². The van der Waals surface area contributed by atoms with Crippen molar-refractivity contribution in [1.82, 2.24) is 5.32 Å². The molecular formula is C17H21NO4. The minimum absolute atomic E-state index is 0.0904. The maximum Gasteiger partial charge on any atom is 0.244 e. The number of nitrogens with one attached hydrogen (secondary N) is 1. The highest BCUT2D eigenvalue weighted by atomic mass is 16.3. The Morgan fingerprint density at radius 2 is 2.00 bits per heavy atom. The summed E-state index contributed by atoms with van der Waals surface area (Å²) in [5.41, 5.74) is -0.511. The van der Waals surface area contributed by atoms with Gasteiger partial charge in [0, 0.05) is 11.6 Å². The predicted octanol–water partition coefficient (Wildman–Crippen LogP) is 2.83. The van der Waals surface area contributed by atoms with E-state index in [-0.39, 0.29) is 12.5 Å². The average molecular weight is 303 g/mol. The summed E-state index contributed by atoms with van der Waals surface area (Å²) in [6.07, 6.45) is 2.96. The highest BCUT2D eigenvalue weighted by Gasteiger charge is 2.27. The Hall–Kier alpha value is -2.27. The number of aryl methyl sites for hydroxylation is 3. The minimum atomic E-state index is -1.19. The van der Waals surface area contributed by atoms with Gasteiger partial charge in [-0.05, 0) is 52.0 Å². The van der Waals surface area contributed by atoms with Crippen molar-refractivity contribution in [1.29, 1.82) is 0 Å². The first-order chi connectivity index (χ1) is 10.3. The first-order valence-corrected chi connectivity index (χ1v) is 7.10. The summed E-state index contributed by atoms with van der Waals surface area (Å²) >= 11 is 0. The predicted molar refractivity (Wildman–Crippen MR) is 83.2 cm³/mol. The van der Waals surface area contributed by atoms with Gasteiger partial charge in [-0.1, -0.05) is 0 Å². The van der Waals surface area contributed by atoms with Crippen molar-refractivity contribution in [2.45, 2.75) is 33.3 Å². The second-order valence-corrected chi connectivity index (χ2v) is 5.60. The summed E-state index contributed by atoms with van der Waals surface area (Å²) in [6.45, 7) is 7.18. The second kappa shape index (κ2) is 6.23. The number of hydrogen-bond donors (Lipinski definition) is 2. The van der Waals surface area contributed by atoms with Crippen LogP contribution in [0.5, 0.6) is 0 Å². The third kappa shape index (κ3) is 3.89. The number of hydrogen-bond acceptors (Lipinski definition) is 4. The molecule has 22 heavy (non-hydrogen) atoms. The molecule has 2 aromatic rings. The quantitative estimate of drug-likeness (QED) is 0.833. The van der Waals surface area contributed by atoms with Crippen LogP contribution >= 0.6 is 0 Å². The molecule has 5 nitrogen and oxygen atoms in total. The van der Waals surface area contributed by atoms with E-state index in [9.17, 15) is 9.90 Å². The molecule has 5 heteroatoms. The summed E-state index contributed by atoms with van der Waals surface area (Å²) in [4.78, 5) is 11.8. The standard InChI is InChI=1S/C17H21NO4/c1-11-5-6-14(22-11)7-8-16(19)18-10-17(4,20)15-9-12(2)21-13(15)3/h5-9,20H,10H2,1-4H3,(H,18,19)/b8-7+. The van der Waals surface area contributed by atoms with Crippen LogP contribution in [0.15, 0.2) is 33.1 Å². The minimum Gasteiger partial charge on any atom is -0.466 e. The van der Waals surface area contributed by atoms with Crippen LogP contribution in [0.4, 0.5) is 0 Å². The lowest BCUT2D eigenvalue weighted by molar-refractivity contribution is -0.117. The number of furan rings is 2. The molecule has 2 rings (SSSR count). The van der Waals surface area contributed by atoms with Crippen molar-refractivity contribution < 1.29 is 18.7 Å². The zero-order valence-corrected chi connectivity index (χ0v) is 13.3. The zero-order valence-electron chi connectivity index (χ0n) is 13.3. The third-order valence-corrected chi connectivity index (χ3v) is 3.39. The Bertz CT molecular complexity index is 691. The number of aliphatic hydroxyl groups is 1. The molecule has 0 saturated carbocycles. The van der Waals surface area contributed by atoms with Gasteiger partial charge in [0.2, 0.25) is 5.91 Å². The summed E-state index contributed by atoms with van der Waals surface area (Å²) in [6, 6.07) is 5.39. The van der Waals surface area contributed by atoms with Gasteiger partial charge in [-0.15, -0.1) is 0 Å². The van der Waals surface area contributed by atoms with Gasteiger partial charge in [0.05, 0.1) is 6.54 Å². The first-order valence-electron chi connectivity index (χ1n) is 7.10. The van der Waals surface area contributed by atoms with Crippen LogP contribution in [0, 0.1) is 20.8 Å². The van der Waals surface area contributed by atoms with E-state index < -0.39 is 5.60 Å². The highest BCUT2D eigenvalue weighted by molar-refractivity contribution is 5.91. The molecule has 0 aromatic carbocycles. The summed E-state index contributed by atoms with van der Waals surface area (Å²) in [5.74, 6) is 2.48. The maximum atomic E-state index is 11.8. The fourth-order valence-electron chi connectivity index (χ4n) is 2.28. The molecule has 118 valence electrons. The lowest BCUT2D eigenvalue weighted by atomic mass is 9.96. The molecule has 1 unspecified atom stereocenters. The molecule has 0 spiro atoms. The Kier molecular flexibility index (Phi) is 4.56. The molecule has 0 saturated heterocycles. The first kappa shape index (κ1) is 16.1. The Morgan fingerprint density at radius 1 is 1.27 bits per heavy atom. The van der Waals surface area contributed by atoms with Crippen LogP contribution in [0.25, 0.3) is 6.08 Å². The number of carbonyl (C=O) groups excluding carboxylic acids is 1. The average Bonchev–Trinajstić information content (AvgIpc) is 3.00. The van der Waals surface area contributed by atoms with Crippen LogP contribution in [0.3, 0.4) is 0 Å². The van der Waals surface area contributed by atoms with Crippen molar-refractivity contribution in [3.63, 3.8) is 0 Å². The van der Waals surface area contributed by atoms with E-state index in [1.807, 2.05) is 19.9 Å². The third-order valence-electron chi connectivity index (χ3n) is 3.39. The van der Waals surface area contributed by atoms with Gasteiger partial charge < -0.3 is 19.3 Å². The van der Waals surface area contributed by atoms with Crippen LogP contribution in [0.2, 0.25) is 0 Å². The second-order valence-electron chi connectivity index (χ2n) is 5.60. The van der Waals surface area contributed by atoms with E-state index in [1.54, 1.807) is 32.1 Å². The van der Waals surface area contributed by atoms with Crippen LogP contribution in [-0.4, -0.2) is 17.6 Å².